The van der Waals surface area contributed by atoms with E-state index in [1.807, 2.05) is 11.8 Å². The predicted octanol–water partition coefficient (Wildman–Crippen LogP) is 5.92. The average molecular weight is 471 g/mol. The summed E-state index contributed by atoms with van der Waals surface area (Å²) < 4.78 is 2.34. The molecule has 1 aliphatic carbocycles. The molecule has 2 atom stereocenters. The Morgan fingerprint density at radius 2 is 1.91 bits per heavy atom. The molecule has 0 radical (unpaired) electrons. The zero-order valence-corrected chi connectivity index (χ0v) is 21.6. The first-order chi connectivity index (χ1) is 16.0. The number of thioether (sulfide) groups is 1. The molecule has 3 rings (SSSR count). The Morgan fingerprint density at radius 3 is 2.67 bits per heavy atom. The van der Waals surface area contributed by atoms with Crippen LogP contribution in [0.1, 0.15) is 77.1 Å². The number of amides is 1. The fourth-order valence-corrected chi connectivity index (χ4v) is 5.83. The highest BCUT2D eigenvalue weighted by Gasteiger charge is 2.23. The number of hydrogen-bond acceptors (Lipinski definition) is 4. The Bertz CT molecular complexity index is 836. The minimum absolute atomic E-state index is 0.159. The van der Waals surface area contributed by atoms with Crippen molar-refractivity contribution in [2.24, 2.45) is 17.8 Å². The van der Waals surface area contributed by atoms with Crippen molar-refractivity contribution in [2.75, 3.05) is 12.3 Å². The van der Waals surface area contributed by atoms with Gasteiger partial charge in [0.1, 0.15) is 5.82 Å². The van der Waals surface area contributed by atoms with E-state index in [0.29, 0.717) is 12.3 Å². The maximum atomic E-state index is 12.0. The Hall–Kier alpha value is -1.82. The van der Waals surface area contributed by atoms with Gasteiger partial charge in [-0.3, -0.25) is 4.79 Å². The molecule has 1 amide bonds. The van der Waals surface area contributed by atoms with Crippen molar-refractivity contribution >= 4 is 17.7 Å². The van der Waals surface area contributed by atoms with Crippen LogP contribution in [0.15, 0.2) is 35.5 Å². The predicted molar refractivity (Wildman–Crippen MR) is 137 cm³/mol. The van der Waals surface area contributed by atoms with Gasteiger partial charge in [0.2, 0.25) is 5.91 Å². The lowest BCUT2D eigenvalue weighted by molar-refractivity contribution is -0.121. The van der Waals surface area contributed by atoms with E-state index in [1.165, 1.54) is 31.2 Å². The fourth-order valence-electron chi connectivity index (χ4n) is 4.52. The number of aryl methyl sites for hydroxylation is 2. The van der Waals surface area contributed by atoms with Crippen LogP contribution in [0.4, 0.5) is 0 Å². The molecule has 0 spiro atoms. The van der Waals surface area contributed by atoms with Gasteiger partial charge < -0.3 is 9.88 Å². The zero-order valence-electron chi connectivity index (χ0n) is 20.8. The van der Waals surface area contributed by atoms with Crippen LogP contribution in [0.2, 0.25) is 0 Å². The van der Waals surface area contributed by atoms with Crippen molar-refractivity contribution < 1.29 is 4.79 Å². The van der Waals surface area contributed by atoms with Crippen LogP contribution in [0.5, 0.6) is 0 Å². The molecule has 1 aliphatic rings. The highest BCUT2D eigenvalue weighted by atomic mass is 32.2. The Morgan fingerprint density at radius 1 is 1.12 bits per heavy atom. The maximum Gasteiger partial charge on any atom is 0.220 e. The Balaban J connectivity index is 1.56. The van der Waals surface area contributed by atoms with Crippen LogP contribution in [0, 0.1) is 17.8 Å². The summed E-state index contributed by atoms with van der Waals surface area (Å²) in [5.74, 6) is 4.45. The highest BCUT2D eigenvalue weighted by Crippen LogP contribution is 2.34. The molecule has 182 valence electrons. The smallest absolute Gasteiger partial charge is 0.220 e. The SMILES string of the molecule is CC(C)CNC(=O)CCCCc1nnc(SCC2CCCC[C@@H]2C)n1CCc1ccccc1. The van der Waals surface area contributed by atoms with E-state index in [4.69, 9.17) is 0 Å². The molecule has 1 aromatic heterocycles. The lowest BCUT2D eigenvalue weighted by atomic mass is 9.82. The minimum atomic E-state index is 0.159. The number of nitrogens with zero attached hydrogens (tertiary/aromatic N) is 3. The molecule has 0 bridgehead atoms. The molecule has 5 nitrogen and oxygen atoms in total. The molecule has 1 N–H and O–H groups in total. The quantitative estimate of drug-likeness (QED) is 0.291. The number of unbranched alkanes of at least 4 members (excludes halogenated alkanes) is 1. The van der Waals surface area contributed by atoms with E-state index in [2.05, 4.69) is 71.2 Å². The summed E-state index contributed by atoms with van der Waals surface area (Å²) in [7, 11) is 0. The first kappa shape index (κ1) is 25.8. The van der Waals surface area contributed by atoms with Gasteiger partial charge in [0, 0.05) is 31.7 Å². The van der Waals surface area contributed by atoms with Crippen molar-refractivity contribution in [1.82, 2.24) is 20.1 Å². The largest absolute Gasteiger partial charge is 0.356 e. The second kappa shape index (κ2) is 13.8. The number of benzene rings is 1. The number of hydrogen-bond donors (Lipinski definition) is 1. The van der Waals surface area contributed by atoms with Gasteiger partial charge >= 0.3 is 0 Å². The molecule has 1 unspecified atom stereocenters. The van der Waals surface area contributed by atoms with Crippen LogP contribution < -0.4 is 5.32 Å². The van der Waals surface area contributed by atoms with E-state index in [-0.39, 0.29) is 5.91 Å². The average Bonchev–Trinajstić information content (AvgIpc) is 3.20. The lowest BCUT2D eigenvalue weighted by Gasteiger charge is -2.28. The third-order valence-electron chi connectivity index (χ3n) is 6.74. The van der Waals surface area contributed by atoms with E-state index in [9.17, 15) is 4.79 Å². The zero-order chi connectivity index (χ0) is 23.5. The van der Waals surface area contributed by atoms with Crippen molar-refractivity contribution in [3.8, 4) is 0 Å². The van der Waals surface area contributed by atoms with Crippen molar-refractivity contribution in [3.63, 3.8) is 0 Å². The van der Waals surface area contributed by atoms with E-state index >= 15 is 0 Å². The van der Waals surface area contributed by atoms with E-state index in [1.54, 1.807) is 0 Å². The fraction of sp³-hybridized carbons (Fsp3) is 0.667. The number of nitrogens with one attached hydrogen (secondary N) is 1. The van der Waals surface area contributed by atoms with Gasteiger partial charge in [-0.25, -0.2) is 0 Å². The summed E-state index contributed by atoms with van der Waals surface area (Å²) in [5.41, 5.74) is 1.34. The molecule has 6 heteroatoms. The monoisotopic (exact) mass is 470 g/mol. The van der Waals surface area contributed by atoms with Gasteiger partial charge in [0.25, 0.3) is 0 Å². The topological polar surface area (TPSA) is 59.8 Å². The molecule has 33 heavy (non-hydrogen) atoms. The number of carbonyl (C=O) groups is 1. The van der Waals surface area contributed by atoms with Crippen molar-refractivity contribution in [2.45, 2.75) is 90.3 Å². The third kappa shape index (κ3) is 8.80. The molecule has 1 saturated carbocycles. The van der Waals surface area contributed by atoms with Gasteiger partial charge in [0.05, 0.1) is 0 Å². The molecule has 1 fully saturated rings. The van der Waals surface area contributed by atoms with Gasteiger partial charge in [-0.05, 0) is 49.0 Å². The Kier molecular flexibility index (Phi) is 10.8. The lowest BCUT2D eigenvalue weighted by Crippen LogP contribution is -2.26. The van der Waals surface area contributed by atoms with Gasteiger partial charge in [-0.15, -0.1) is 10.2 Å². The Labute approximate surface area is 204 Å². The summed E-state index contributed by atoms with van der Waals surface area (Å²) in [5, 5.41) is 13.3. The summed E-state index contributed by atoms with van der Waals surface area (Å²) in [6.07, 6.45) is 9.75. The summed E-state index contributed by atoms with van der Waals surface area (Å²) >= 11 is 1.89. The maximum absolute atomic E-state index is 12.0. The minimum Gasteiger partial charge on any atom is -0.356 e. The molecule has 1 aromatic carbocycles. The van der Waals surface area contributed by atoms with Crippen LogP contribution in [-0.2, 0) is 24.2 Å². The normalized spacial score (nSPS) is 18.5. The number of aromatic nitrogens is 3. The standard InChI is InChI=1S/C27H42N4OS/c1-21(2)19-28-26(32)16-10-9-15-25-29-30-27(33-20-24-14-8-7-11-22(24)3)31(25)18-17-23-12-5-4-6-13-23/h4-6,12-13,21-22,24H,7-11,14-20H2,1-3H3,(H,28,32)/t22-,24?/m0/s1. The van der Waals surface area contributed by atoms with Gasteiger partial charge in [-0.1, -0.05) is 82.1 Å². The second-order valence-corrected chi connectivity index (χ2v) is 11.0. The van der Waals surface area contributed by atoms with E-state index in [0.717, 1.165) is 67.3 Å². The van der Waals surface area contributed by atoms with Crippen LogP contribution >= 0.6 is 11.8 Å². The molecule has 1 heterocycles. The summed E-state index contributed by atoms with van der Waals surface area (Å²) in [4.78, 5) is 12.0. The number of rotatable bonds is 13. The van der Waals surface area contributed by atoms with Crippen molar-refractivity contribution in [3.05, 3.63) is 41.7 Å². The van der Waals surface area contributed by atoms with Crippen molar-refractivity contribution in [1.29, 1.82) is 0 Å². The van der Waals surface area contributed by atoms with Crippen LogP contribution in [0.3, 0.4) is 0 Å². The highest BCUT2D eigenvalue weighted by molar-refractivity contribution is 7.99. The first-order valence-electron chi connectivity index (χ1n) is 12.9. The summed E-state index contributed by atoms with van der Waals surface area (Å²) in [6, 6.07) is 10.7. The van der Waals surface area contributed by atoms with Crippen LogP contribution in [0.25, 0.3) is 0 Å². The first-order valence-corrected chi connectivity index (χ1v) is 13.9. The van der Waals surface area contributed by atoms with Gasteiger partial charge in [-0.2, -0.15) is 0 Å². The third-order valence-corrected chi connectivity index (χ3v) is 7.89. The molecule has 0 saturated heterocycles. The molecular weight excluding hydrogens is 428 g/mol. The second-order valence-electron chi connectivity index (χ2n) is 10.0. The summed E-state index contributed by atoms with van der Waals surface area (Å²) in [6.45, 7) is 8.31. The number of carbonyl (C=O) groups excluding carboxylic acids is 1. The molecule has 2 aromatic rings. The van der Waals surface area contributed by atoms with E-state index < -0.39 is 0 Å². The van der Waals surface area contributed by atoms with Gasteiger partial charge in [0.15, 0.2) is 5.16 Å². The molecular formula is C27H42N4OS. The molecule has 0 aliphatic heterocycles. The van der Waals surface area contributed by atoms with Crippen LogP contribution in [-0.4, -0.2) is 33.0 Å².